The number of fused-ring (bicyclic) bond motifs is 4. The summed E-state index contributed by atoms with van der Waals surface area (Å²) >= 11 is 0. The zero-order chi connectivity index (χ0) is 21.0. The average molecular weight is 395 g/mol. The Bertz CT molecular complexity index is 740. The van der Waals surface area contributed by atoms with Gasteiger partial charge in [0.1, 0.15) is 0 Å². The summed E-state index contributed by atoms with van der Waals surface area (Å²) in [5, 5.41) is 0. The van der Waals surface area contributed by atoms with Gasteiger partial charge >= 0.3 is 0 Å². The van der Waals surface area contributed by atoms with Crippen molar-refractivity contribution in [3.8, 4) is 0 Å². The van der Waals surface area contributed by atoms with Crippen LogP contribution in [0.15, 0.2) is 34.4 Å². The van der Waals surface area contributed by atoms with Gasteiger partial charge in [0, 0.05) is 0 Å². The first-order valence-electron chi connectivity index (χ1n) is 12.7. The van der Waals surface area contributed by atoms with Gasteiger partial charge < -0.3 is 0 Å². The first-order chi connectivity index (χ1) is 13.6. The lowest BCUT2D eigenvalue weighted by Gasteiger charge is -2.58. The molecular weight excluding hydrogens is 348 g/mol. The van der Waals surface area contributed by atoms with Crippen molar-refractivity contribution in [1.29, 1.82) is 0 Å². The molecule has 0 N–H and O–H groups in total. The maximum atomic E-state index is 2.70. The second-order valence-electron chi connectivity index (χ2n) is 12.5. The van der Waals surface area contributed by atoms with Crippen LogP contribution in [0.2, 0.25) is 0 Å². The molecule has 1 fully saturated rings. The van der Waals surface area contributed by atoms with Crippen LogP contribution in [-0.2, 0) is 0 Å². The Morgan fingerprint density at radius 3 is 2.55 bits per heavy atom. The molecule has 0 heteroatoms. The molecular formula is C29H46. The molecule has 0 spiro atoms. The van der Waals surface area contributed by atoms with Crippen LogP contribution in [0.25, 0.3) is 0 Å². The standard InChI is InChI=1S/C29H46/c1-20(2)10-8-11-21(3)23-13-14-24-22-12-15-26-27(4,5)17-9-18-29(26,7)25(22)16-19-28(23,24)6/h10,14,21,23,26H,8-9,11-13,15-19H2,1-7H3/t21-,23-,26+,28-,29-/m1/s1. The third kappa shape index (κ3) is 3.41. The Balaban J connectivity index is 1.60. The number of hydrogen-bond donors (Lipinski definition) is 0. The number of allylic oxidation sites excluding steroid dienone is 6. The Kier molecular flexibility index (Phi) is 5.49. The zero-order valence-corrected chi connectivity index (χ0v) is 20.5. The molecule has 5 atom stereocenters. The normalized spacial score (nSPS) is 39.2. The maximum Gasteiger partial charge on any atom is -0.00389 e. The van der Waals surface area contributed by atoms with Crippen molar-refractivity contribution in [3.63, 3.8) is 0 Å². The summed E-state index contributed by atoms with van der Waals surface area (Å²) in [4.78, 5) is 0. The van der Waals surface area contributed by atoms with E-state index in [9.17, 15) is 0 Å². The Hall–Kier alpha value is -0.780. The molecule has 4 aliphatic carbocycles. The Morgan fingerprint density at radius 2 is 1.83 bits per heavy atom. The van der Waals surface area contributed by atoms with Crippen molar-refractivity contribution in [2.75, 3.05) is 0 Å². The lowest BCUT2D eigenvalue weighted by Crippen LogP contribution is -2.47. The van der Waals surface area contributed by atoms with Crippen LogP contribution in [-0.4, -0.2) is 0 Å². The highest BCUT2D eigenvalue weighted by Crippen LogP contribution is 2.66. The minimum Gasteiger partial charge on any atom is -0.0859 e. The maximum absolute atomic E-state index is 2.70. The fourth-order valence-electron chi connectivity index (χ4n) is 8.52. The molecule has 0 nitrogen and oxygen atoms in total. The van der Waals surface area contributed by atoms with Gasteiger partial charge in [-0.15, -0.1) is 0 Å². The minimum absolute atomic E-state index is 0.441. The topological polar surface area (TPSA) is 0 Å². The fraction of sp³-hybridized carbons (Fsp3) is 0.793. The van der Waals surface area contributed by atoms with Crippen LogP contribution in [0, 0.1) is 34.0 Å². The summed E-state index contributed by atoms with van der Waals surface area (Å²) < 4.78 is 0. The molecule has 0 aromatic rings. The molecule has 0 aromatic carbocycles. The molecule has 0 heterocycles. The van der Waals surface area contributed by atoms with Crippen LogP contribution in [0.4, 0.5) is 0 Å². The first kappa shape index (κ1) is 21.5. The summed E-state index contributed by atoms with van der Waals surface area (Å²) in [6, 6.07) is 0. The molecule has 1 saturated carbocycles. The molecule has 0 unspecified atom stereocenters. The van der Waals surface area contributed by atoms with Gasteiger partial charge in [-0.1, -0.05) is 64.3 Å². The van der Waals surface area contributed by atoms with E-state index in [1.807, 2.05) is 11.1 Å². The third-order valence-electron chi connectivity index (χ3n) is 10.1. The van der Waals surface area contributed by atoms with Crippen LogP contribution in [0.5, 0.6) is 0 Å². The molecule has 0 radical (unpaired) electrons. The Labute approximate surface area is 181 Å². The van der Waals surface area contributed by atoms with Crippen molar-refractivity contribution in [1.82, 2.24) is 0 Å². The molecule has 0 aromatic heterocycles. The van der Waals surface area contributed by atoms with E-state index in [1.54, 1.807) is 5.57 Å². The van der Waals surface area contributed by atoms with E-state index < -0.39 is 0 Å². The summed E-state index contributed by atoms with van der Waals surface area (Å²) in [6.45, 7) is 17.4. The van der Waals surface area contributed by atoms with Gasteiger partial charge in [-0.25, -0.2) is 0 Å². The number of hydrogen-bond acceptors (Lipinski definition) is 0. The smallest absolute Gasteiger partial charge is 0.00389 e. The molecule has 162 valence electrons. The summed E-state index contributed by atoms with van der Waals surface area (Å²) in [5.41, 5.74) is 8.47. The second kappa shape index (κ2) is 7.42. The molecule has 0 bridgehead atoms. The Morgan fingerprint density at radius 1 is 1.07 bits per heavy atom. The average Bonchev–Trinajstić information content (AvgIpc) is 2.98. The van der Waals surface area contributed by atoms with Gasteiger partial charge in [0.15, 0.2) is 0 Å². The molecule has 0 amide bonds. The third-order valence-corrected chi connectivity index (χ3v) is 10.1. The van der Waals surface area contributed by atoms with Crippen molar-refractivity contribution in [2.45, 2.75) is 113 Å². The van der Waals surface area contributed by atoms with Crippen LogP contribution in [0.3, 0.4) is 0 Å². The van der Waals surface area contributed by atoms with Crippen LogP contribution in [0.1, 0.15) is 113 Å². The molecule has 0 aliphatic heterocycles. The van der Waals surface area contributed by atoms with Gasteiger partial charge in [0.2, 0.25) is 0 Å². The SMILES string of the molecule is CC(C)=CCC[C@@H](C)[C@H]1CC=C2C3=C(CC[C@@]21C)[C@@]1(C)CCCC(C)(C)[C@@H]1CC3. The van der Waals surface area contributed by atoms with Crippen molar-refractivity contribution < 1.29 is 0 Å². The largest absolute Gasteiger partial charge is 0.0859 e. The van der Waals surface area contributed by atoms with Gasteiger partial charge in [-0.2, -0.15) is 0 Å². The quantitative estimate of drug-likeness (QED) is 0.417. The molecule has 0 saturated heterocycles. The fourth-order valence-corrected chi connectivity index (χ4v) is 8.52. The van der Waals surface area contributed by atoms with Gasteiger partial charge in [0.25, 0.3) is 0 Å². The highest BCUT2D eigenvalue weighted by atomic mass is 14.6. The van der Waals surface area contributed by atoms with E-state index in [4.69, 9.17) is 0 Å². The minimum atomic E-state index is 0.441. The number of rotatable bonds is 4. The van der Waals surface area contributed by atoms with Crippen LogP contribution >= 0.6 is 0 Å². The zero-order valence-electron chi connectivity index (χ0n) is 20.5. The monoisotopic (exact) mass is 394 g/mol. The molecule has 4 aliphatic rings. The lowest BCUT2D eigenvalue weighted by molar-refractivity contribution is 0.00595. The van der Waals surface area contributed by atoms with Crippen molar-refractivity contribution in [2.24, 2.45) is 34.0 Å². The highest BCUT2D eigenvalue weighted by Gasteiger charge is 2.55. The summed E-state index contributed by atoms with van der Waals surface area (Å²) in [7, 11) is 0. The van der Waals surface area contributed by atoms with Gasteiger partial charge in [-0.3, -0.25) is 0 Å². The van der Waals surface area contributed by atoms with Gasteiger partial charge in [-0.05, 0) is 117 Å². The molecule has 29 heavy (non-hydrogen) atoms. The summed E-state index contributed by atoms with van der Waals surface area (Å²) in [5.74, 6) is 2.57. The van der Waals surface area contributed by atoms with E-state index >= 15 is 0 Å². The van der Waals surface area contributed by atoms with E-state index in [-0.39, 0.29) is 0 Å². The predicted molar refractivity (Wildman–Crippen MR) is 127 cm³/mol. The summed E-state index contributed by atoms with van der Waals surface area (Å²) in [6.07, 6.45) is 18.9. The first-order valence-corrected chi connectivity index (χ1v) is 12.7. The van der Waals surface area contributed by atoms with Gasteiger partial charge in [0.05, 0.1) is 0 Å². The van der Waals surface area contributed by atoms with E-state index in [0.29, 0.717) is 16.2 Å². The van der Waals surface area contributed by atoms with Crippen molar-refractivity contribution in [3.05, 3.63) is 34.4 Å². The highest BCUT2D eigenvalue weighted by molar-refractivity contribution is 5.49. The molecule has 4 rings (SSSR count). The second-order valence-corrected chi connectivity index (χ2v) is 12.5. The van der Waals surface area contributed by atoms with E-state index in [0.717, 1.165) is 17.8 Å². The van der Waals surface area contributed by atoms with E-state index in [2.05, 4.69) is 60.6 Å². The van der Waals surface area contributed by atoms with E-state index in [1.165, 1.54) is 69.8 Å². The van der Waals surface area contributed by atoms with Crippen LogP contribution < -0.4 is 0 Å². The van der Waals surface area contributed by atoms with Crippen molar-refractivity contribution >= 4 is 0 Å². The lowest BCUT2D eigenvalue weighted by atomic mass is 9.47. The predicted octanol–water partition coefficient (Wildman–Crippen LogP) is 9.04.